The fraction of sp³-hybridized carbons (Fsp3) is 0.400. The molecule has 0 bridgehead atoms. The molecule has 1 rings (SSSR count). The number of thioether (sulfide) groups is 2. The highest BCUT2D eigenvalue weighted by Crippen LogP contribution is 2.17. The summed E-state index contributed by atoms with van der Waals surface area (Å²) < 4.78 is 0. The predicted octanol–water partition coefficient (Wildman–Crippen LogP) is 2.62. The third-order valence-electron chi connectivity index (χ3n) is 1.72. The van der Waals surface area contributed by atoms with Crippen LogP contribution >= 0.6 is 23.5 Å². The number of aromatic carboxylic acids is 1. The molecule has 1 aromatic rings. The van der Waals surface area contributed by atoms with E-state index in [9.17, 15) is 4.79 Å². The molecule has 0 spiro atoms. The molecule has 0 fully saturated rings. The maximum absolute atomic E-state index is 10.7. The number of hydrogen-bond donors (Lipinski definition) is 1. The van der Waals surface area contributed by atoms with Crippen LogP contribution in [0.1, 0.15) is 16.8 Å². The van der Waals surface area contributed by atoms with Gasteiger partial charge >= 0.3 is 5.97 Å². The first-order valence-electron chi connectivity index (χ1n) is 4.55. The lowest BCUT2D eigenvalue weighted by molar-refractivity contribution is 0.0696. The number of nitrogens with zero attached hydrogens (tertiary/aromatic N) is 1. The first-order valence-corrected chi connectivity index (χ1v) is 6.93. The van der Waals surface area contributed by atoms with Crippen molar-refractivity contribution in [3.63, 3.8) is 0 Å². The summed E-state index contributed by atoms with van der Waals surface area (Å²) >= 11 is 3.42. The quantitative estimate of drug-likeness (QED) is 0.615. The highest BCUT2D eigenvalue weighted by atomic mass is 32.2. The highest BCUT2D eigenvalue weighted by molar-refractivity contribution is 7.99. The minimum absolute atomic E-state index is 0.303. The Balaban J connectivity index is 2.47. The summed E-state index contributed by atoms with van der Waals surface area (Å²) in [7, 11) is 0. The maximum atomic E-state index is 10.7. The van der Waals surface area contributed by atoms with Crippen molar-refractivity contribution < 1.29 is 9.90 Å². The van der Waals surface area contributed by atoms with Crippen LogP contribution in [0, 0.1) is 0 Å². The van der Waals surface area contributed by atoms with Gasteiger partial charge in [0.15, 0.2) is 0 Å². The van der Waals surface area contributed by atoms with Crippen molar-refractivity contribution in [1.29, 1.82) is 0 Å². The summed E-state index contributed by atoms with van der Waals surface area (Å²) in [5.41, 5.74) is 0.303. The Hall–Kier alpha value is -0.680. The minimum Gasteiger partial charge on any atom is -0.478 e. The van der Waals surface area contributed by atoms with E-state index in [0.29, 0.717) is 5.56 Å². The maximum Gasteiger partial charge on any atom is 0.335 e. The van der Waals surface area contributed by atoms with E-state index >= 15 is 0 Å². The zero-order valence-electron chi connectivity index (χ0n) is 8.47. The van der Waals surface area contributed by atoms with Crippen LogP contribution in [0.4, 0.5) is 0 Å². The topological polar surface area (TPSA) is 50.2 Å². The van der Waals surface area contributed by atoms with Crippen molar-refractivity contribution in [2.45, 2.75) is 11.4 Å². The van der Waals surface area contributed by atoms with Crippen molar-refractivity contribution in [2.75, 3.05) is 17.8 Å². The highest BCUT2D eigenvalue weighted by Gasteiger charge is 2.04. The van der Waals surface area contributed by atoms with Gasteiger partial charge < -0.3 is 5.11 Å². The molecule has 0 radical (unpaired) electrons. The van der Waals surface area contributed by atoms with Crippen molar-refractivity contribution in [3.8, 4) is 0 Å². The Labute approximate surface area is 97.7 Å². The second-order valence-corrected chi connectivity index (χ2v) is 4.98. The van der Waals surface area contributed by atoms with E-state index in [4.69, 9.17) is 5.11 Å². The van der Waals surface area contributed by atoms with Crippen LogP contribution in [0.2, 0.25) is 0 Å². The average Bonchev–Trinajstić information content (AvgIpc) is 2.25. The van der Waals surface area contributed by atoms with Crippen LogP contribution in [0.5, 0.6) is 0 Å². The first kappa shape index (κ1) is 12.4. The Bertz CT molecular complexity index is 331. The lowest BCUT2D eigenvalue weighted by Gasteiger charge is -2.01. The first-order chi connectivity index (χ1) is 7.24. The van der Waals surface area contributed by atoms with Gasteiger partial charge in [-0.3, -0.25) is 0 Å². The van der Waals surface area contributed by atoms with Crippen molar-refractivity contribution in [1.82, 2.24) is 4.98 Å². The Morgan fingerprint density at radius 2 is 2.33 bits per heavy atom. The summed E-state index contributed by atoms with van der Waals surface area (Å²) in [4.78, 5) is 14.8. The lowest BCUT2D eigenvalue weighted by atomic mass is 10.3. The molecule has 0 aliphatic carbocycles. The van der Waals surface area contributed by atoms with E-state index in [-0.39, 0.29) is 0 Å². The third kappa shape index (κ3) is 4.57. The molecule has 3 nitrogen and oxygen atoms in total. The molecular weight excluding hydrogens is 230 g/mol. The molecular formula is C10H13NO2S2. The van der Waals surface area contributed by atoms with Crippen molar-refractivity contribution >= 4 is 29.5 Å². The number of carboxylic acid groups (broad SMARTS) is 1. The Morgan fingerprint density at radius 3 is 3.00 bits per heavy atom. The Morgan fingerprint density at radius 1 is 1.53 bits per heavy atom. The molecule has 15 heavy (non-hydrogen) atoms. The SMILES string of the molecule is CSCCCSc1cc(C(=O)O)ccn1. The third-order valence-corrected chi connectivity index (χ3v) is 3.43. The van der Waals surface area contributed by atoms with E-state index in [2.05, 4.69) is 11.2 Å². The molecule has 0 saturated heterocycles. The summed E-state index contributed by atoms with van der Waals surface area (Å²) in [6.07, 6.45) is 4.74. The van der Waals surface area contributed by atoms with Gasteiger partial charge in [0, 0.05) is 11.9 Å². The predicted molar refractivity (Wildman–Crippen MR) is 64.9 cm³/mol. The normalized spacial score (nSPS) is 10.2. The van der Waals surface area contributed by atoms with E-state index in [1.54, 1.807) is 24.0 Å². The van der Waals surface area contributed by atoms with Gasteiger partial charge in [-0.15, -0.1) is 11.8 Å². The number of carboxylic acids is 1. The van der Waals surface area contributed by atoms with Gasteiger partial charge in [0.2, 0.25) is 0 Å². The fourth-order valence-electron chi connectivity index (χ4n) is 1.00. The van der Waals surface area contributed by atoms with Crippen molar-refractivity contribution in [3.05, 3.63) is 23.9 Å². The zero-order chi connectivity index (χ0) is 11.1. The fourth-order valence-corrected chi connectivity index (χ4v) is 2.46. The molecule has 0 aliphatic rings. The van der Waals surface area contributed by atoms with E-state index in [0.717, 1.165) is 23.0 Å². The summed E-state index contributed by atoms with van der Waals surface area (Å²) in [5.74, 6) is 1.21. The second-order valence-electron chi connectivity index (χ2n) is 2.88. The molecule has 0 unspecified atom stereocenters. The zero-order valence-corrected chi connectivity index (χ0v) is 10.1. The number of pyridine rings is 1. The molecule has 0 aliphatic heterocycles. The van der Waals surface area contributed by atoms with Gasteiger partial charge in [-0.1, -0.05) is 0 Å². The molecule has 1 N–H and O–H groups in total. The smallest absolute Gasteiger partial charge is 0.335 e. The van der Waals surface area contributed by atoms with Gasteiger partial charge in [-0.25, -0.2) is 9.78 Å². The van der Waals surface area contributed by atoms with Crippen LogP contribution in [-0.2, 0) is 0 Å². The summed E-state index contributed by atoms with van der Waals surface area (Å²) in [6, 6.07) is 3.13. The Kier molecular flexibility index (Phi) is 5.57. The lowest BCUT2D eigenvalue weighted by Crippen LogP contribution is -1.97. The molecule has 0 saturated carbocycles. The standard InChI is InChI=1S/C10H13NO2S2/c1-14-5-2-6-15-9-7-8(10(12)13)3-4-11-9/h3-4,7H,2,5-6H2,1H3,(H,12,13). The second kappa shape index (κ2) is 6.74. The van der Waals surface area contributed by atoms with Crippen LogP contribution in [0.15, 0.2) is 23.4 Å². The molecule has 1 aromatic heterocycles. The largest absolute Gasteiger partial charge is 0.478 e. The van der Waals surface area contributed by atoms with Crippen LogP contribution in [-0.4, -0.2) is 33.8 Å². The van der Waals surface area contributed by atoms with E-state index in [1.165, 1.54) is 6.07 Å². The van der Waals surface area contributed by atoms with Crippen LogP contribution in [0.3, 0.4) is 0 Å². The summed E-state index contributed by atoms with van der Waals surface area (Å²) in [5, 5.41) is 9.57. The molecule has 0 atom stereocenters. The monoisotopic (exact) mass is 243 g/mol. The van der Waals surface area contributed by atoms with Gasteiger partial charge in [-0.2, -0.15) is 11.8 Å². The van der Waals surface area contributed by atoms with Crippen LogP contribution < -0.4 is 0 Å². The van der Waals surface area contributed by atoms with Gasteiger partial charge in [0.1, 0.15) is 0 Å². The van der Waals surface area contributed by atoms with Gasteiger partial charge in [0.25, 0.3) is 0 Å². The summed E-state index contributed by atoms with van der Waals surface area (Å²) in [6.45, 7) is 0. The van der Waals surface area contributed by atoms with E-state index < -0.39 is 5.97 Å². The molecule has 0 amide bonds. The molecule has 0 aromatic carbocycles. The van der Waals surface area contributed by atoms with Crippen molar-refractivity contribution in [2.24, 2.45) is 0 Å². The average molecular weight is 243 g/mol. The number of hydrogen-bond acceptors (Lipinski definition) is 4. The van der Waals surface area contributed by atoms with Gasteiger partial charge in [0.05, 0.1) is 10.6 Å². The van der Waals surface area contributed by atoms with Crippen LogP contribution in [0.25, 0.3) is 0 Å². The van der Waals surface area contributed by atoms with Gasteiger partial charge in [-0.05, 0) is 30.6 Å². The molecule has 5 heteroatoms. The number of rotatable bonds is 6. The molecule has 82 valence electrons. The molecule has 1 heterocycles. The number of carbonyl (C=O) groups is 1. The van der Waals surface area contributed by atoms with E-state index in [1.807, 2.05) is 11.8 Å². The minimum atomic E-state index is -0.900. The number of aromatic nitrogens is 1.